The quantitative estimate of drug-likeness (QED) is 0.646. The molecule has 4 nitrogen and oxygen atoms in total. The molecule has 1 rings (SSSR count). The third-order valence-electron chi connectivity index (χ3n) is 3.15. The van der Waals surface area contributed by atoms with Gasteiger partial charge in [-0.3, -0.25) is 4.79 Å². The zero-order chi connectivity index (χ0) is 15.8. The first-order valence-electron chi connectivity index (χ1n) is 7.02. The molecule has 0 aliphatic carbocycles. The second-order valence-electron chi connectivity index (χ2n) is 4.95. The summed E-state index contributed by atoms with van der Waals surface area (Å²) in [7, 11) is 1.29. The summed E-state index contributed by atoms with van der Waals surface area (Å²) in [5, 5.41) is 2.91. The number of benzene rings is 1. The molecule has 0 saturated carbocycles. The molecule has 0 heterocycles. The van der Waals surface area contributed by atoms with Crippen molar-refractivity contribution in [2.45, 2.75) is 39.2 Å². The summed E-state index contributed by atoms with van der Waals surface area (Å²) in [5.74, 6) is 1.69. The molecule has 1 amide bonds. The van der Waals surface area contributed by atoms with Crippen molar-refractivity contribution in [1.29, 1.82) is 0 Å². The molecule has 0 aliphatic rings. The second kappa shape index (κ2) is 8.11. The van der Waals surface area contributed by atoms with E-state index in [0.717, 1.165) is 19.3 Å². The molecule has 0 spiro atoms. The Hall–Kier alpha value is -2.28. The maximum atomic E-state index is 12.2. The van der Waals surface area contributed by atoms with Crippen LogP contribution in [0.25, 0.3) is 0 Å². The van der Waals surface area contributed by atoms with Crippen LogP contribution in [0.3, 0.4) is 0 Å². The number of ether oxygens (including phenoxy) is 1. The van der Waals surface area contributed by atoms with E-state index in [2.05, 4.69) is 22.9 Å². The topological polar surface area (TPSA) is 55.4 Å². The lowest BCUT2D eigenvalue weighted by molar-refractivity contribution is 0.0600. The van der Waals surface area contributed by atoms with Crippen molar-refractivity contribution in [2.24, 2.45) is 0 Å². The summed E-state index contributed by atoms with van der Waals surface area (Å²) in [4.78, 5) is 23.8. The van der Waals surface area contributed by atoms with Crippen LogP contribution in [-0.2, 0) is 4.74 Å². The molecule has 0 unspecified atom stereocenters. The van der Waals surface area contributed by atoms with Crippen molar-refractivity contribution in [3.8, 4) is 12.3 Å². The molecule has 21 heavy (non-hydrogen) atoms. The van der Waals surface area contributed by atoms with E-state index < -0.39 is 5.97 Å². The van der Waals surface area contributed by atoms with Gasteiger partial charge in [0.2, 0.25) is 0 Å². The van der Waals surface area contributed by atoms with Gasteiger partial charge in [-0.1, -0.05) is 25.7 Å². The Morgan fingerprint density at radius 2 is 2.00 bits per heavy atom. The zero-order valence-corrected chi connectivity index (χ0v) is 12.7. The van der Waals surface area contributed by atoms with Gasteiger partial charge in [0.05, 0.1) is 12.7 Å². The molecule has 0 aliphatic heterocycles. The van der Waals surface area contributed by atoms with E-state index in [1.807, 2.05) is 6.92 Å². The average Bonchev–Trinajstić information content (AvgIpc) is 2.51. The predicted molar refractivity (Wildman–Crippen MR) is 82.2 cm³/mol. The van der Waals surface area contributed by atoms with Crippen LogP contribution >= 0.6 is 0 Å². The van der Waals surface area contributed by atoms with Gasteiger partial charge in [0, 0.05) is 17.2 Å². The number of amides is 1. The van der Waals surface area contributed by atoms with Crippen LogP contribution in [0.15, 0.2) is 18.2 Å². The molecule has 0 bridgehead atoms. The standard InChI is InChI=1S/C17H21NO3/c1-5-7-8-12(3)18-16(19)14-9-13(6-2)10-15(11-14)17(20)21-4/h2,9-12H,5,7-8H2,1,3-4H3,(H,18,19)/t12-/m0/s1. The minimum absolute atomic E-state index is 0.0773. The molecule has 4 heteroatoms. The van der Waals surface area contributed by atoms with Crippen LogP contribution < -0.4 is 5.32 Å². The highest BCUT2D eigenvalue weighted by Crippen LogP contribution is 2.12. The minimum Gasteiger partial charge on any atom is -0.465 e. The van der Waals surface area contributed by atoms with E-state index in [1.165, 1.54) is 19.2 Å². The first-order valence-corrected chi connectivity index (χ1v) is 7.02. The Bertz CT molecular complexity index is 558. The summed E-state index contributed by atoms with van der Waals surface area (Å²) < 4.78 is 4.67. The van der Waals surface area contributed by atoms with E-state index in [4.69, 9.17) is 6.42 Å². The van der Waals surface area contributed by atoms with Crippen LogP contribution in [0.1, 0.15) is 59.4 Å². The number of hydrogen-bond acceptors (Lipinski definition) is 3. The third kappa shape index (κ3) is 4.96. The number of carbonyl (C=O) groups is 2. The van der Waals surface area contributed by atoms with Crippen LogP contribution in [-0.4, -0.2) is 25.0 Å². The molecule has 112 valence electrons. The Balaban J connectivity index is 2.93. The van der Waals surface area contributed by atoms with E-state index in [-0.39, 0.29) is 17.5 Å². The molecular formula is C17H21NO3. The van der Waals surface area contributed by atoms with Crippen molar-refractivity contribution in [1.82, 2.24) is 5.32 Å². The van der Waals surface area contributed by atoms with E-state index >= 15 is 0 Å². The fourth-order valence-electron chi connectivity index (χ4n) is 1.97. The summed E-state index contributed by atoms with van der Waals surface area (Å²) in [6.45, 7) is 4.06. The second-order valence-corrected chi connectivity index (χ2v) is 4.95. The normalized spacial score (nSPS) is 11.3. The number of rotatable bonds is 6. The molecule has 0 aromatic heterocycles. The molecule has 1 atom stereocenters. The highest BCUT2D eigenvalue weighted by molar-refractivity contribution is 5.98. The fraction of sp³-hybridized carbons (Fsp3) is 0.412. The zero-order valence-electron chi connectivity index (χ0n) is 12.7. The first-order chi connectivity index (χ1) is 10.0. The monoisotopic (exact) mass is 287 g/mol. The molecule has 1 aromatic carbocycles. The van der Waals surface area contributed by atoms with E-state index in [9.17, 15) is 9.59 Å². The van der Waals surface area contributed by atoms with Crippen molar-refractivity contribution in [2.75, 3.05) is 7.11 Å². The highest BCUT2D eigenvalue weighted by atomic mass is 16.5. The first kappa shape index (κ1) is 16.8. The summed E-state index contributed by atoms with van der Waals surface area (Å²) in [6, 6.07) is 4.69. The lowest BCUT2D eigenvalue weighted by Crippen LogP contribution is -2.32. The molecule has 0 fully saturated rings. The maximum Gasteiger partial charge on any atom is 0.337 e. The molecule has 1 aromatic rings. The van der Waals surface area contributed by atoms with Gasteiger partial charge in [-0.2, -0.15) is 0 Å². The summed E-state index contributed by atoms with van der Waals surface area (Å²) in [6.07, 6.45) is 8.42. The lowest BCUT2D eigenvalue weighted by Gasteiger charge is -2.14. The van der Waals surface area contributed by atoms with Crippen LogP contribution in [0.4, 0.5) is 0 Å². The minimum atomic E-state index is -0.514. The van der Waals surface area contributed by atoms with E-state index in [0.29, 0.717) is 11.1 Å². The summed E-state index contributed by atoms with van der Waals surface area (Å²) in [5.41, 5.74) is 1.12. The Labute approximate surface area is 125 Å². The predicted octanol–water partition coefficient (Wildman–Crippen LogP) is 2.76. The van der Waals surface area contributed by atoms with Gasteiger partial charge in [-0.25, -0.2) is 4.79 Å². The fourth-order valence-corrected chi connectivity index (χ4v) is 1.97. The Morgan fingerprint density at radius 3 is 2.57 bits per heavy atom. The number of unbranched alkanes of at least 4 members (excludes halogenated alkanes) is 1. The van der Waals surface area contributed by atoms with Crippen LogP contribution in [0.2, 0.25) is 0 Å². The van der Waals surface area contributed by atoms with Crippen LogP contribution in [0, 0.1) is 12.3 Å². The Morgan fingerprint density at radius 1 is 1.33 bits per heavy atom. The average molecular weight is 287 g/mol. The number of methoxy groups -OCH3 is 1. The number of terminal acetylenes is 1. The molecular weight excluding hydrogens is 266 g/mol. The number of hydrogen-bond donors (Lipinski definition) is 1. The SMILES string of the molecule is C#Cc1cc(C(=O)N[C@@H](C)CCCC)cc(C(=O)OC)c1. The number of esters is 1. The van der Waals surface area contributed by atoms with Gasteiger partial charge in [0.25, 0.3) is 5.91 Å². The lowest BCUT2D eigenvalue weighted by atomic mass is 10.0. The van der Waals surface area contributed by atoms with Gasteiger partial charge in [0.1, 0.15) is 0 Å². The summed E-state index contributed by atoms with van der Waals surface area (Å²) >= 11 is 0. The van der Waals surface area contributed by atoms with Crippen molar-refractivity contribution >= 4 is 11.9 Å². The molecule has 1 N–H and O–H groups in total. The van der Waals surface area contributed by atoms with Crippen molar-refractivity contribution < 1.29 is 14.3 Å². The van der Waals surface area contributed by atoms with Gasteiger partial charge < -0.3 is 10.1 Å². The number of carbonyl (C=O) groups excluding carboxylic acids is 2. The van der Waals surface area contributed by atoms with Crippen molar-refractivity contribution in [3.63, 3.8) is 0 Å². The van der Waals surface area contributed by atoms with Crippen LogP contribution in [0.5, 0.6) is 0 Å². The highest BCUT2D eigenvalue weighted by Gasteiger charge is 2.14. The van der Waals surface area contributed by atoms with Gasteiger partial charge in [-0.05, 0) is 31.5 Å². The largest absolute Gasteiger partial charge is 0.465 e. The van der Waals surface area contributed by atoms with Gasteiger partial charge >= 0.3 is 5.97 Å². The Kier molecular flexibility index (Phi) is 6.48. The van der Waals surface area contributed by atoms with E-state index in [1.54, 1.807) is 6.07 Å². The van der Waals surface area contributed by atoms with Gasteiger partial charge in [-0.15, -0.1) is 6.42 Å². The number of nitrogens with one attached hydrogen (secondary N) is 1. The molecule has 0 saturated heterocycles. The third-order valence-corrected chi connectivity index (χ3v) is 3.15. The maximum absolute atomic E-state index is 12.2. The molecule has 0 radical (unpaired) electrons. The smallest absolute Gasteiger partial charge is 0.337 e. The van der Waals surface area contributed by atoms with Crippen molar-refractivity contribution in [3.05, 3.63) is 34.9 Å². The van der Waals surface area contributed by atoms with Gasteiger partial charge in [0.15, 0.2) is 0 Å².